The summed E-state index contributed by atoms with van der Waals surface area (Å²) in [6.45, 7) is 0.921. The molecule has 1 rings (SSSR count). The van der Waals surface area contributed by atoms with E-state index in [1.807, 2.05) is 30.3 Å². The number of halogens is 1. The summed E-state index contributed by atoms with van der Waals surface area (Å²) in [6, 6.07) is 9.51. The van der Waals surface area contributed by atoms with E-state index >= 15 is 0 Å². The molecule has 1 aromatic carbocycles. The molecule has 0 N–H and O–H groups in total. The number of alkyl halides is 1. The fourth-order valence-electron chi connectivity index (χ4n) is 1.51. The Morgan fingerprint density at radius 3 is 2.39 bits per heavy atom. The smallest absolute Gasteiger partial charge is 0.238 e. The molecule has 0 saturated carbocycles. The van der Waals surface area contributed by atoms with Crippen molar-refractivity contribution in [2.45, 2.75) is 6.54 Å². The van der Waals surface area contributed by atoms with E-state index in [1.54, 1.807) is 4.90 Å². The topological polar surface area (TPSA) is 54.5 Å². The monoisotopic (exact) mass is 333 g/mol. The maximum atomic E-state index is 11.9. The largest absolute Gasteiger partial charge is 0.337 e. The van der Waals surface area contributed by atoms with Crippen LogP contribution in [0, 0.1) is 0 Å². The summed E-state index contributed by atoms with van der Waals surface area (Å²) in [5.74, 6) is -0.798. The Hall–Kier alpha value is -0.880. The van der Waals surface area contributed by atoms with Crippen molar-refractivity contribution in [1.82, 2.24) is 4.90 Å². The number of sulfone groups is 1. The highest BCUT2D eigenvalue weighted by molar-refractivity contribution is 9.09. The number of benzene rings is 1. The molecule has 18 heavy (non-hydrogen) atoms. The van der Waals surface area contributed by atoms with Gasteiger partial charge in [-0.15, -0.1) is 0 Å². The van der Waals surface area contributed by atoms with E-state index in [0.29, 0.717) is 18.4 Å². The van der Waals surface area contributed by atoms with Gasteiger partial charge in [0.25, 0.3) is 0 Å². The second-order valence-electron chi connectivity index (χ2n) is 4.06. The molecule has 0 atom stereocenters. The zero-order valence-corrected chi connectivity index (χ0v) is 12.6. The molecular weight excluding hydrogens is 318 g/mol. The quantitative estimate of drug-likeness (QED) is 0.740. The normalized spacial score (nSPS) is 11.2. The van der Waals surface area contributed by atoms with Crippen LogP contribution in [0.3, 0.4) is 0 Å². The maximum Gasteiger partial charge on any atom is 0.238 e. The van der Waals surface area contributed by atoms with E-state index in [2.05, 4.69) is 15.9 Å². The van der Waals surface area contributed by atoms with Crippen LogP contribution < -0.4 is 0 Å². The van der Waals surface area contributed by atoms with E-state index < -0.39 is 15.6 Å². The zero-order chi connectivity index (χ0) is 13.6. The third kappa shape index (κ3) is 5.64. The van der Waals surface area contributed by atoms with Gasteiger partial charge in [-0.2, -0.15) is 0 Å². The van der Waals surface area contributed by atoms with Crippen LogP contribution in [0.5, 0.6) is 0 Å². The van der Waals surface area contributed by atoms with Crippen molar-refractivity contribution in [2.75, 3.05) is 23.9 Å². The number of rotatable bonds is 6. The highest BCUT2D eigenvalue weighted by Gasteiger charge is 2.18. The van der Waals surface area contributed by atoms with Gasteiger partial charge in [-0.1, -0.05) is 46.3 Å². The van der Waals surface area contributed by atoms with Gasteiger partial charge < -0.3 is 4.90 Å². The SMILES string of the molecule is CS(=O)(=O)CC(=O)N(CCBr)Cc1ccccc1. The van der Waals surface area contributed by atoms with Gasteiger partial charge >= 0.3 is 0 Å². The highest BCUT2D eigenvalue weighted by atomic mass is 79.9. The molecule has 0 aliphatic heterocycles. The van der Waals surface area contributed by atoms with Crippen LogP contribution in [-0.2, 0) is 21.2 Å². The van der Waals surface area contributed by atoms with E-state index in [9.17, 15) is 13.2 Å². The molecule has 0 saturated heterocycles. The molecule has 100 valence electrons. The Bertz CT molecular complexity index is 487. The van der Waals surface area contributed by atoms with Gasteiger partial charge in [-0.25, -0.2) is 8.42 Å². The molecule has 0 radical (unpaired) electrons. The van der Waals surface area contributed by atoms with Crippen molar-refractivity contribution < 1.29 is 13.2 Å². The van der Waals surface area contributed by atoms with Crippen molar-refractivity contribution in [3.05, 3.63) is 35.9 Å². The minimum atomic E-state index is -3.29. The van der Waals surface area contributed by atoms with E-state index in [0.717, 1.165) is 11.8 Å². The lowest BCUT2D eigenvalue weighted by Gasteiger charge is -2.21. The lowest BCUT2D eigenvalue weighted by Crippen LogP contribution is -2.36. The molecule has 4 nitrogen and oxygen atoms in total. The lowest BCUT2D eigenvalue weighted by molar-refractivity contribution is -0.128. The van der Waals surface area contributed by atoms with E-state index in [-0.39, 0.29) is 5.91 Å². The lowest BCUT2D eigenvalue weighted by atomic mass is 10.2. The molecule has 6 heteroatoms. The van der Waals surface area contributed by atoms with Gasteiger partial charge in [-0.05, 0) is 5.56 Å². The van der Waals surface area contributed by atoms with Crippen LogP contribution in [0.4, 0.5) is 0 Å². The predicted molar refractivity (Wildman–Crippen MR) is 75.4 cm³/mol. The van der Waals surface area contributed by atoms with Gasteiger partial charge in [0.05, 0.1) is 0 Å². The molecule has 1 amide bonds. The fraction of sp³-hybridized carbons (Fsp3) is 0.417. The van der Waals surface area contributed by atoms with Crippen LogP contribution in [0.25, 0.3) is 0 Å². The van der Waals surface area contributed by atoms with E-state index in [1.165, 1.54) is 0 Å². The van der Waals surface area contributed by atoms with Gasteiger partial charge in [0, 0.05) is 24.7 Å². The van der Waals surface area contributed by atoms with Crippen LogP contribution in [0.15, 0.2) is 30.3 Å². The van der Waals surface area contributed by atoms with E-state index in [4.69, 9.17) is 0 Å². The number of hydrogen-bond donors (Lipinski definition) is 0. The second-order valence-corrected chi connectivity index (χ2v) is 6.99. The molecule has 0 spiro atoms. The standard InChI is InChI=1S/C12H16BrNO3S/c1-18(16,17)10-12(15)14(8-7-13)9-11-5-3-2-4-6-11/h2-6H,7-10H2,1H3. The number of carbonyl (C=O) groups excluding carboxylic acids is 1. The fourth-order valence-corrected chi connectivity index (χ4v) is 2.57. The van der Waals surface area contributed by atoms with Gasteiger partial charge in [0.2, 0.25) is 5.91 Å². The minimum Gasteiger partial charge on any atom is -0.337 e. The Kier molecular flexibility index (Phi) is 5.81. The van der Waals surface area contributed by atoms with Gasteiger partial charge in [0.15, 0.2) is 9.84 Å². The molecule has 0 aliphatic rings. The maximum absolute atomic E-state index is 11.9. The third-order valence-electron chi connectivity index (χ3n) is 2.31. The summed E-state index contributed by atoms with van der Waals surface area (Å²) >= 11 is 3.27. The summed E-state index contributed by atoms with van der Waals surface area (Å²) in [5.41, 5.74) is 0.986. The molecule has 0 fully saturated rings. The van der Waals surface area contributed by atoms with Gasteiger partial charge in [-0.3, -0.25) is 4.79 Å². The first-order chi connectivity index (χ1) is 8.42. The number of carbonyl (C=O) groups is 1. The van der Waals surface area contributed by atoms with Crippen LogP contribution in [-0.4, -0.2) is 43.1 Å². The predicted octanol–water partition coefficient (Wildman–Crippen LogP) is 1.45. The number of nitrogens with zero attached hydrogens (tertiary/aromatic N) is 1. The summed E-state index contributed by atoms with van der Waals surface area (Å²) in [5, 5.41) is 0.620. The Balaban J connectivity index is 2.74. The van der Waals surface area contributed by atoms with Crippen molar-refractivity contribution in [3.8, 4) is 0 Å². The number of hydrogen-bond acceptors (Lipinski definition) is 3. The second kappa shape index (κ2) is 6.89. The summed E-state index contributed by atoms with van der Waals surface area (Å²) in [4.78, 5) is 13.4. The number of amides is 1. The molecule has 0 bridgehead atoms. The Morgan fingerprint density at radius 2 is 1.89 bits per heavy atom. The first kappa shape index (κ1) is 15.2. The molecule has 0 heterocycles. The first-order valence-corrected chi connectivity index (χ1v) is 8.66. The molecule has 0 aliphatic carbocycles. The molecule has 1 aromatic rings. The molecule has 0 aromatic heterocycles. The van der Waals surface area contributed by atoms with Crippen LogP contribution in [0.1, 0.15) is 5.56 Å². The average molecular weight is 334 g/mol. The summed E-state index contributed by atoms with van der Waals surface area (Å²) in [7, 11) is -3.29. The van der Waals surface area contributed by atoms with Crippen molar-refractivity contribution in [2.24, 2.45) is 0 Å². The molecular formula is C12H16BrNO3S. The highest BCUT2D eigenvalue weighted by Crippen LogP contribution is 2.06. The first-order valence-electron chi connectivity index (χ1n) is 5.48. The van der Waals surface area contributed by atoms with Crippen LogP contribution >= 0.6 is 15.9 Å². The average Bonchev–Trinajstić information content (AvgIpc) is 2.27. The van der Waals surface area contributed by atoms with Crippen molar-refractivity contribution >= 4 is 31.7 Å². The Morgan fingerprint density at radius 1 is 1.28 bits per heavy atom. The Labute approximate surface area is 116 Å². The summed E-state index contributed by atoms with van der Waals surface area (Å²) in [6.07, 6.45) is 1.07. The third-order valence-corrected chi connectivity index (χ3v) is 3.44. The van der Waals surface area contributed by atoms with Crippen LogP contribution in [0.2, 0.25) is 0 Å². The molecule has 0 unspecified atom stereocenters. The van der Waals surface area contributed by atoms with Crippen molar-refractivity contribution in [3.63, 3.8) is 0 Å². The van der Waals surface area contributed by atoms with Crippen molar-refractivity contribution in [1.29, 1.82) is 0 Å². The minimum absolute atomic E-state index is 0.360. The summed E-state index contributed by atoms with van der Waals surface area (Å²) < 4.78 is 22.3. The van der Waals surface area contributed by atoms with Gasteiger partial charge in [0.1, 0.15) is 5.75 Å². The zero-order valence-electron chi connectivity index (χ0n) is 10.2.